The molecule has 2 unspecified atom stereocenters. The van der Waals surface area contributed by atoms with Crippen LogP contribution in [-0.2, 0) is 6.42 Å². The first-order valence-electron chi connectivity index (χ1n) is 20.4. The van der Waals surface area contributed by atoms with Gasteiger partial charge in [0.15, 0.2) is 0 Å². The molecule has 2 aromatic heterocycles. The van der Waals surface area contributed by atoms with Gasteiger partial charge in [-0.15, -0.1) is 0 Å². The Labute approximate surface area is 337 Å². The number of fused-ring (bicyclic) bond motifs is 10. The van der Waals surface area contributed by atoms with E-state index in [0.717, 1.165) is 41.0 Å². The average Bonchev–Trinajstić information content (AvgIpc) is 3.30. The van der Waals surface area contributed by atoms with E-state index in [2.05, 4.69) is 194 Å². The molecule has 0 saturated carbocycles. The zero-order valence-electron chi connectivity index (χ0n) is 31.9. The highest BCUT2D eigenvalue weighted by Crippen LogP contribution is 2.49. The summed E-state index contributed by atoms with van der Waals surface area (Å²) in [7, 11) is 0. The van der Waals surface area contributed by atoms with Crippen molar-refractivity contribution >= 4 is 59.6 Å². The molecule has 2 aliphatic carbocycles. The molecule has 2 nitrogen and oxygen atoms in total. The van der Waals surface area contributed by atoms with Gasteiger partial charge < -0.3 is 0 Å². The minimum absolute atomic E-state index is 0.161. The first-order valence-corrected chi connectivity index (χ1v) is 20.4. The zero-order valence-corrected chi connectivity index (χ0v) is 31.9. The molecule has 2 heteroatoms. The number of benzene rings is 8. The first-order chi connectivity index (χ1) is 28.7. The smallest absolute Gasteiger partial charge is 0.0751 e. The number of hydrogen-bond acceptors (Lipinski definition) is 2. The van der Waals surface area contributed by atoms with Crippen molar-refractivity contribution in [2.75, 3.05) is 0 Å². The number of para-hydroxylation sites is 1. The molecule has 0 spiro atoms. The molecule has 0 amide bonds. The molecule has 58 heavy (non-hydrogen) atoms. The molecule has 272 valence electrons. The monoisotopic (exact) mass is 738 g/mol. The number of hydrogen-bond donors (Lipinski definition) is 0. The van der Waals surface area contributed by atoms with Crippen LogP contribution in [0.3, 0.4) is 0 Å². The minimum atomic E-state index is 0.161. The Morgan fingerprint density at radius 2 is 1.09 bits per heavy atom. The Kier molecular flexibility index (Phi) is 7.53. The fourth-order valence-electron chi connectivity index (χ4n) is 9.97. The standard InChI is InChI=1S/C56H38N2/c1-4-16-40-38(14-1)31-49(44-20-8-6-18-42(40)44)50-33-52-48(35-25-27-37(28-26-35)54-30-29-36-13-3-12-24-53(36)57-54)34-55(58-56(52)47-23-11-10-22-46(47)50)51-32-39-15-2-5-17-41(39)43-19-7-9-21-45(43)51/h1-27,29-32,34,37,50H,28,33H2. The fourth-order valence-corrected chi connectivity index (χ4v) is 9.97. The van der Waals surface area contributed by atoms with E-state index in [9.17, 15) is 0 Å². The highest BCUT2D eigenvalue weighted by Gasteiger charge is 2.32. The van der Waals surface area contributed by atoms with Crippen molar-refractivity contribution in [1.29, 1.82) is 0 Å². The summed E-state index contributed by atoms with van der Waals surface area (Å²) in [6, 6.07) is 64.4. The molecule has 8 aromatic carbocycles. The molecule has 0 bridgehead atoms. The number of nitrogens with zero attached hydrogens (tertiary/aromatic N) is 2. The molecule has 0 fully saturated rings. The minimum Gasteiger partial charge on any atom is -0.252 e. The number of pyridine rings is 2. The van der Waals surface area contributed by atoms with Gasteiger partial charge >= 0.3 is 0 Å². The van der Waals surface area contributed by atoms with Crippen LogP contribution in [0.5, 0.6) is 0 Å². The lowest BCUT2D eigenvalue weighted by atomic mass is 9.73. The maximum Gasteiger partial charge on any atom is 0.0751 e. The van der Waals surface area contributed by atoms with E-state index < -0.39 is 0 Å². The van der Waals surface area contributed by atoms with Crippen LogP contribution in [0.1, 0.15) is 46.2 Å². The molecule has 2 aliphatic rings. The second-order valence-electron chi connectivity index (χ2n) is 15.9. The molecular formula is C56H38N2. The van der Waals surface area contributed by atoms with Crippen LogP contribution in [0.4, 0.5) is 0 Å². The molecule has 0 radical (unpaired) electrons. The average molecular weight is 739 g/mol. The molecule has 0 aliphatic heterocycles. The Balaban J connectivity index is 1.07. The molecule has 2 atom stereocenters. The van der Waals surface area contributed by atoms with E-state index in [0.29, 0.717) is 0 Å². The predicted molar refractivity (Wildman–Crippen MR) is 243 cm³/mol. The Bertz CT molecular complexity index is 3370. The van der Waals surface area contributed by atoms with Crippen molar-refractivity contribution in [3.8, 4) is 22.5 Å². The van der Waals surface area contributed by atoms with E-state index in [4.69, 9.17) is 9.97 Å². The van der Waals surface area contributed by atoms with E-state index >= 15 is 0 Å². The first kappa shape index (κ1) is 33.0. The van der Waals surface area contributed by atoms with Crippen LogP contribution in [-0.4, -0.2) is 9.97 Å². The Hall–Kier alpha value is -7.16. The summed E-state index contributed by atoms with van der Waals surface area (Å²) >= 11 is 0. The van der Waals surface area contributed by atoms with Crippen molar-refractivity contribution in [3.05, 3.63) is 222 Å². The lowest BCUT2D eigenvalue weighted by Gasteiger charge is -2.31. The Morgan fingerprint density at radius 1 is 0.448 bits per heavy atom. The quantitative estimate of drug-likeness (QED) is 0.168. The SMILES string of the molecule is C1=CC(c2ccc3ccccc3n2)CC=C1c1cc(-c2cc3ccccc3c3ccccc23)nc2c1CC(c1cc3ccccc3c3ccccc13)c1ccccc1-2. The van der Waals surface area contributed by atoms with Gasteiger partial charge in [0.05, 0.1) is 16.9 Å². The summed E-state index contributed by atoms with van der Waals surface area (Å²) in [5, 5.41) is 11.3. The number of rotatable bonds is 4. The van der Waals surface area contributed by atoms with Gasteiger partial charge in [-0.2, -0.15) is 0 Å². The molecule has 0 N–H and O–H groups in total. The van der Waals surface area contributed by atoms with Gasteiger partial charge in [-0.25, -0.2) is 4.98 Å². The summed E-state index contributed by atoms with van der Waals surface area (Å²) in [4.78, 5) is 10.8. The normalized spacial score (nSPS) is 16.2. The predicted octanol–water partition coefficient (Wildman–Crippen LogP) is 14.4. The third-order valence-electron chi connectivity index (χ3n) is 12.8. The van der Waals surface area contributed by atoms with Crippen LogP contribution in [0.15, 0.2) is 194 Å². The van der Waals surface area contributed by atoms with E-state index in [1.54, 1.807) is 0 Å². The van der Waals surface area contributed by atoms with Gasteiger partial charge in [-0.1, -0.05) is 164 Å². The van der Waals surface area contributed by atoms with Gasteiger partial charge in [-0.3, -0.25) is 4.98 Å². The van der Waals surface area contributed by atoms with E-state index in [1.165, 1.54) is 81.9 Å². The molecule has 0 saturated heterocycles. The van der Waals surface area contributed by atoms with Crippen LogP contribution in [0, 0.1) is 0 Å². The number of allylic oxidation sites excluding steroid dienone is 4. The summed E-state index contributed by atoms with van der Waals surface area (Å²) in [6.45, 7) is 0. The van der Waals surface area contributed by atoms with Gasteiger partial charge in [0, 0.05) is 34.0 Å². The summed E-state index contributed by atoms with van der Waals surface area (Å²) in [5.41, 5.74) is 13.2. The lowest BCUT2D eigenvalue weighted by Crippen LogP contribution is -2.16. The van der Waals surface area contributed by atoms with Crippen molar-refractivity contribution in [3.63, 3.8) is 0 Å². The molecule has 12 rings (SSSR count). The second-order valence-corrected chi connectivity index (χ2v) is 15.9. The molecular weight excluding hydrogens is 701 g/mol. The maximum absolute atomic E-state index is 5.71. The van der Waals surface area contributed by atoms with Gasteiger partial charge in [0.1, 0.15) is 0 Å². The van der Waals surface area contributed by atoms with Crippen molar-refractivity contribution < 1.29 is 0 Å². The van der Waals surface area contributed by atoms with Crippen molar-refractivity contribution in [2.24, 2.45) is 0 Å². The van der Waals surface area contributed by atoms with Crippen LogP contribution >= 0.6 is 0 Å². The number of aromatic nitrogens is 2. The second kappa shape index (κ2) is 13.2. The highest BCUT2D eigenvalue weighted by molar-refractivity contribution is 6.14. The van der Waals surface area contributed by atoms with E-state index in [-0.39, 0.29) is 11.8 Å². The largest absolute Gasteiger partial charge is 0.252 e. The Morgan fingerprint density at radius 3 is 1.86 bits per heavy atom. The van der Waals surface area contributed by atoms with Gasteiger partial charge in [0.25, 0.3) is 0 Å². The molecule has 10 aromatic rings. The lowest BCUT2D eigenvalue weighted by molar-refractivity contribution is 0.792. The van der Waals surface area contributed by atoms with E-state index in [1.807, 2.05) is 0 Å². The highest BCUT2D eigenvalue weighted by atomic mass is 14.7. The van der Waals surface area contributed by atoms with Gasteiger partial charge in [0.2, 0.25) is 0 Å². The fraction of sp³-hybridized carbons (Fsp3) is 0.0714. The third-order valence-corrected chi connectivity index (χ3v) is 12.8. The van der Waals surface area contributed by atoms with Crippen LogP contribution < -0.4 is 0 Å². The van der Waals surface area contributed by atoms with Crippen LogP contribution in [0.25, 0.3) is 82.1 Å². The summed E-state index contributed by atoms with van der Waals surface area (Å²) in [5.74, 6) is 0.376. The van der Waals surface area contributed by atoms with Crippen LogP contribution in [0.2, 0.25) is 0 Å². The topological polar surface area (TPSA) is 25.8 Å². The van der Waals surface area contributed by atoms with Gasteiger partial charge in [-0.05, 0) is 114 Å². The van der Waals surface area contributed by atoms with Crippen molar-refractivity contribution in [2.45, 2.75) is 24.7 Å². The molecule has 2 heterocycles. The summed E-state index contributed by atoms with van der Waals surface area (Å²) < 4.78 is 0. The van der Waals surface area contributed by atoms with Crippen molar-refractivity contribution in [1.82, 2.24) is 9.97 Å². The third kappa shape index (κ3) is 5.26. The summed E-state index contributed by atoms with van der Waals surface area (Å²) in [6.07, 6.45) is 8.91. The maximum atomic E-state index is 5.71. The zero-order chi connectivity index (χ0) is 38.2.